The Morgan fingerprint density at radius 3 is 2.42 bits per heavy atom. The molecule has 24 heteroatoms. The molecule has 3 aliphatic heterocycles. The average molecular weight is 815 g/mol. The maximum absolute atomic E-state index is 13.7. The molecule has 1 amide bonds. The number of aromatic amines is 1. The molecule has 0 spiro atoms. The lowest BCUT2D eigenvalue weighted by Gasteiger charge is -2.58. The van der Waals surface area contributed by atoms with E-state index in [0.29, 0.717) is 0 Å². The van der Waals surface area contributed by atoms with E-state index < -0.39 is 120 Å². The number of phosphoric acid groups is 2. The van der Waals surface area contributed by atoms with Gasteiger partial charge in [0.05, 0.1) is 19.1 Å². The summed E-state index contributed by atoms with van der Waals surface area (Å²) in [6.07, 6.45) is -10.5. The number of nitrogens with zero attached hydrogens (tertiary/aromatic N) is 2. The van der Waals surface area contributed by atoms with Crippen LogP contribution in [-0.2, 0) is 50.3 Å². The molecule has 3 saturated heterocycles. The first kappa shape index (κ1) is 43.7. The Morgan fingerprint density at radius 1 is 1.19 bits per heavy atom. The van der Waals surface area contributed by atoms with Crippen molar-refractivity contribution in [2.24, 2.45) is 0 Å². The largest absolute Gasteiger partial charge is 0.606 e. The van der Waals surface area contributed by atoms with E-state index in [0.717, 1.165) is 16.8 Å². The third-order valence-electron chi connectivity index (χ3n) is 8.78. The molecule has 3 fully saturated rings. The highest BCUT2D eigenvalue weighted by atomic mass is 31.3. The zero-order chi connectivity index (χ0) is 39.7. The second kappa shape index (κ2) is 16.6. The SMILES string of the molecule is CO[C@@H]1[C@@H](NC(C)=O)[C@@H](OP(=O)(O)O[P+]([O-])(OCCC#N)OC[C@H]2O[C@@H](n3ccc(=O)[nH]c3=O)[C@H](O)[C@@H]2O)O[C@@H]2CO[Si](C(C)(C)C)(C(C)(C)C)O[C@@H]12. The van der Waals surface area contributed by atoms with Crippen LogP contribution in [0, 0.1) is 11.3 Å². The smallest absolute Gasteiger partial charge is 0.513 e. The number of carbonyl (C=O) groups is 1. The van der Waals surface area contributed by atoms with E-state index in [1.165, 1.54) is 14.0 Å². The Hall–Kier alpha value is -2.00. The topological polar surface area (TPSA) is 292 Å². The van der Waals surface area contributed by atoms with Crippen LogP contribution in [0.5, 0.6) is 0 Å². The molecular weight excluding hydrogens is 766 g/mol. The van der Waals surface area contributed by atoms with Crippen LogP contribution < -0.4 is 21.5 Å². The molecular formula is C29H48N4O17P2Si. The zero-order valence-corrected chi connectivity index (χ0v) is 33.3. The van der Waals surface area contributed by atoms with Crippen molar-refractivity contribution < 1.29 is 70.3 Å². The Morgan fingerprint density at radius 2 is 1.85 bits per heavy atom. The molecule has 0 saturated carbocycles. The Labute approximate surface area is 306 Å². The number of hydrogen-bond donors (Lipinski definition) is 5. The highest BCUT2D eigenvalue weighted by molar-refractivity contribution is 7.64. The fourth-order valence-electron chi connectivity index (χ4n) is 6.73. The number of aromatic nitrogens is 2. The van der Waals surface area contributed by atoms with Crippen molar-refractivity contribution >= 4 is 30.5 Å². The zero-order valence-electron chi connectivity index (χ0n) is 30.5. The monoisotopic (exact) mass is 814 g/mol. The third-order valence-corrected chi connectivity index (χ3v) is 17.0. The Balaban J connectivity index is 1.55. The molecule has 4 heterocycles. The van der Waals surface area contributed by atoms with Crippen molar-refractivity contribution in [2.45, 2.75) is 120 Å². The van der Waals surface area contributed by atoms with Gasteiger partial charge in [0.15, 0.2) is 12.5 Å². The molecule has 4 rings (SSSR count). The van der Waals surface area contributed by atoms with Crippen LogP contribution >= 0.6 is 16.0 Å². The van der Waals surface area contributed by atoms with Gasteiger partial charge < -0.3 is 48.4 Å². The minimum atomic E-state index is -5.57. The number of phosphoric ester groups is 2. The summed E-state index contributed by atoms with van der Waals surface area (Å²) in [6.45, 7) is 11.6. The van der Waals surface area contributed by atoms with Gasteiger partial charge in [-0.3, -0.25) is 23.7 Å². The maximum atomic E-state index is 13.7. The van der Waals surface area contributed by atoms with E-state index >= 15 is 0 Å². The number of nitriles is 1. The molecule has 1 aromatic heterocycles. The van der Waals surface area contributed by atoms with Crippen LogP contribution in [0.15, 0.2) is 21.9 Å². The fraction of sp³-hybridized carbons (Fsp3) is 0.793. The predicted molar refractivity (Wildman–Crippen MR) is 181 cm³/mol. The molecule has 1 aromatic rings. The van der Waals surface area contributed by atoms with Crippen molar-refractivity contribution in [1.29, 1.82) is 5.26 Å². The number of fused-ring (bicyclic) bond motifs is 1. The predicted octanol–water partition coefficient (Wildman–Crippen LogP) is -0.0234. The van der Waals surface area contributed by atoms with Crippen LogP contribution in [-0.4, -0.2) is 115 Å². The quantitative estimate of drug-likeness (QED) is 0.0993. The molecule has 53 heavy (non-hydrogen) atoms. The first-order valence-electron chi connectivity index (χ1n) is 16.6. The van der Waals surface area contributed by atoms with Crippen LogP contribution in [0.3, 0.4) is 0 Å². The fourth-order valence-corrected chi connectivity index (χ4v) is 14.4. The molecule has 21 nitrogen and oxygen atoms in total. The summed E-state index contributed by atoms with van der Waals surface area (Å²) in [5.74, 6) is -0.586. The number of H-pyrrole nitrogens is 1. The Kier molecular flexibility index (Phi) is 13.7. The van der Waals surface area contributed by atoms with Crippen LogP contribution in [0.2, 0.25) is 10.1 Å². The van der Waals surface area contributed by atoms with E-state index in [9.17, 15) is 38.9 Å². The van der Waals surface area contributed by atoms with E-state index in [1.807, 2.05) is 46.5 Å². The number of aliphatic hydroxyl groups excluding tert-OH is 2. The summed E-state index contributed by atoms with van der Waals surface area (Å²) in [6, 6.07) is 1.41. The van der Waals surface area contributed by atoms with Gasteiger partial charge in [-0.2, -0.15) is 14.3 Å². The van der Waals surface area contributed by atoms with Crippen LogP contribution in [0.25, 0.3) is 0 Å². The van der Waals surface area contributed by atoms with Gasteiger partial charge >= 0.3 is 30.2 Å². The maximum Gasteiger partial charge on any atom is 0.513 e. The number of carbonyl (C=O) groups excluding carboxylic acids is 1. The van der Waals surface area contributed by atoms with E-state index in [1.54, 1.807) is 6.07 Å². The molecule has 5 N–H and O–H groups in total. The number of nitrogens with one attached hydrogen (secondary N) is 2. The van der Waals surface area contributed by atoms with Crippen LogP contribution in [0.4, 0.5) is 0 Å². The second-order valence-electron chi connectivity index (χ2n) is 14.7. The molecule has 0 bridgehead atoms. The standard InChI is InChI=1S/C29H48N4O17P2Si/c1-16(34)31-20-24(42-8)23-18(15-45-53(49-23,28(2,3)4)29(5,6)7)47-26(20)48-51(39,40)50-52(41,43-13-9-11-30)44-14-17-21(36)22(37)25(46-17)33-12-10-19(35)32-27(33)38/h10,12,17-18,20-26,36-37H,9,13-15H2,1-8H3,(H,31,34)(H,39,40)(H,32,35,38)/t17-,18-,20-,21-,22-,23-,24-,25-,26-,52?/m1/s1. The third kappa shape index (κ3) is 9.69. The molecule has 0 aliphatic carbocycles. The average Bonchev–Trinajstić information content (AvgIpc) is 3.31. The molecule has 0 radical (unpaired) electrons. The summed E-state index contributed by atoms with van der Waals surface area (Å²) in [7, 11) is -12.5. The highest BCUT2D eigenvalue weighted by Gasteiger charge is 2.65. The van der Waals surface area contributed by atoms with Gasteiger partial charge in [-0.05, 0) is 0 Å². The highest BCUT2D eigenvalue weighted by Crippen LogP contribution is 2.67. The van der Waals surface area contributed by atoms with E-state index in [2.05, 4.69) is 5.32 Å². The summed E-state index contributed by atoms with van der Waals surface area (Å²) in [4.78, 5) is 62.7. The number of rotatable bonds is 13. The molecule has 3 aliphatic rings. The van der Waals surface area contributed by atoms with E-state index in [-0.39, 0.29) is 13.0 Å². The molecule has 0 aromatic carbocycles. The van der Waals surface area contributed by atoms with Gasteiger partial charge in [0.25, 0.3) is 5.56 Å². The Bertz CT molecular complexity index is 1650. The number of amides is 1. The lowest BCUT2D eigenvalue weighted by atomic mass is 9.96. The summed E-state index contributed by atoms with van der Waals surface area (Å²) in [5, 5.41) is 31.8. The van der Waals surface area contributed by atoms with Crippen LogP contribution in [0.1, 0.15) is 61.1 Å². The summed E-state index contributed by atoms with van der Waals surface area (Å²) < 4.78 is 65.5. The van der Waals surface area contributed by atoms with Crippen molar-refractivity contribution in [3.8, 4) is 6.07 Å². The number of methoxy groups -OCH3 is 1. The number of hydrogen-bond acceptors (Lipinski definition) is 17. The second-order valence-corrected chi connectivity index (χ2v) is 22.7. The van der Waals surface area contributed by atoms with Gasteiger partial charge in [0.1, 0.15) is 55.9 Å². The number of ether oxygens (including phenoxy) is 3. The van der Waals surface area contributed by atoms with Crippen molar-refractivity contribution in [1.82, 2.24) is 14.9 Å². The van der Waals surface area contributed by atoms with Gasteiger partial charge in [-0.15, -0.1) is 0 Å². The van der Waals surface area contributed by atoms with Gasteiger partial charge in [-0.1, -0.05) is 45.9 Å². The lowest BCUT2D eigenvalue weighted by molar-refractivity contribution is -0.267. The minimum absolute atomic E-state index is 0.0326. The van der Waals surface area contributed by atoms with Gasteiger partial charge in [-0.25, -0.2) is 9.36 Å². The lowest BCUT2D eigenvalue weighted by Crippen LogP contribution is -2.73. The molecule has 11 atom stereocenters. The van der Waals surface area contributed by atoms with Crippen molar-refractivity contribution in [3.63, 3.8) is 0 Å². The summed E-state index contributed by atoms with van der Waals surface area (Å²) in [5.41, 5.74) is -1.70. The van der Waals surface area contributed by atoms with Gasteiger partial charge in [0.2, 0.25) is 5.91 Å². The normalized spacial score (nSPS) is 32.5. The molecule has 300 valence electrons. The summed E-state index contributed by atoms with van der Waals surface area (Å²) >= 11 is 0. The van der Waals surface area contributed by atoms with Gasteiger partial charge in [0, 0.05) is 36.4 Å². The minimum Gasteiger partial charge on any atom is -0.606 e. The first-order chi connectivity index (χ1) is 24.5. The van der Waals surface area contributed by atoms with Crippen molar-refractivity contribution in [2.75, 3.05) is 26.9 Å². The van der Waals surface area contributed by atoms with Crippen molar-refractivity contribution in [3.05, 3.63) is 33.1 Å². The van der Waals surface area contributed by atoms with E-state index in [4.69, 9.17) is 46.2 Å². The first-order valence-corrected chi connectivity index (χ1v) is 21.3. The number of aliphatic hydroxyl groups is 2. The molecule has 2 unspecified atom stereocenters.